The Bertz CT molecular complexity index is 1010. The molecule has 3 rings (SSSR count). The van der Waals surface area contributed by atoms with E-state index in [0.717, 1.165) is 30.5 Å². The van der Waals surface area contributed by atoms with Crippen molar-refractivity contribution in [3.05, 3.63) is 57.3 Å². The molecule has 1 amide bonds. The van der Waals surface area contributed by atoms with E-state index in [-0.39, 0.29) is 17.1 Å². The molecule has 7 nitrogen and oxygen atoms in total. The second-order valence-corrected chi connectivity index (χ2v) is 6.00. The summed E-state index contributed by atoms with van der Waals surface area (Å²) in [6.07, 6.45) is 3.06. The van der Waals surface area contributed by atoms with Crippen LogP contribution in [0.1, 0.15) is 34.5 Å². The zero-order valence-electron chi connectivity index (χ0n) is 13.9. The number of anilines is 1. The lowest BCUT2D eigenvalue weighted by molar-refractivity contribution is 0.0977. The summed E-state index contributed by atoms with van der Waals surface area (Å²) >= 11 is 0. The van der Waals surface area contributed by atoms with E-state index in [1.54, 1.807) is 12.1 Å². The number of H-pyrrole nitrogens is 2. The van der Waals surface area contributed by atoms with E-state index in [1.807, 2.05) is 5.23 Å². The van der Waals surface area contributed by atoms with E-state index < -0.39 is 11.7 Å². The minimum atomic E-state index is -0.655. The van der Waals surface area contributed by atoms with Crippen LogP contribution in [-0.2, 0) is 12.8 Å². The molecule has 0 aliphatic carbocycles. The van der Waals surface area contributed by atoms with Crippen molar-refractivity contribution in [2.24, 2.45) is 0 Å². The fourth-order valence-electron chi connectivity index (χ4n) is 2.85. The number of nitrogens with one attached hydrogen (secondary N) is 3. The number of nitrogens with two attached hydrogens (primary N) is 1. The number of fused-ring (bicyclic) bond motifs is 1. The predicted molar refractivity (Wildman–Crippen MR) is 97.4 cm³/mol. The van der Waals surface area contributed by atoms with Crippen LogP contribution in [0.25, 0.3) is 11.0 Å². The summed E-state index contributed by atoms with van der Waals surface area (Å²) in [5.74, 6) is -1.18. The van der Waals surface area contributed by atoms with E-state index in [0.29, 0.717) is 17.5 Å². The van der Waals surface area contributed by atoms with Crippen LogP contribution in [0.15, 0.2) is 29.1 Å². The standard InChI is InChI=1S/C17H17BFN5O2/c18-24-16(26)11-6-5-9(7-13(11)19)3-1-2-4-10-8-12-14(21-10)22-17(20)23-15(12)25/h5-8H,1-4H2,(H,24,26)(H4,20,21,22,23,25). The van der Waals surface area contributed by atoms with Crippen molar-refractivity contribution in [3.8, 4) is 0 Å². The highest BCUT2D eigenvalue weighted by molar-refractivity contribution is 6.18. The van der Waals surface area contributed by atoms with Crippen molar-refractivity contribution < 1.29 is 9.18 Å². The molecule has 2 radical (unpaired) electrons. The third-order valence-electron chi connectivity index (χ3n) is 4.14. The highest BCUT2D eigenvalue weighted by atomic mass is 19.1. The first-order valence-electron chi connectivity index (χ1n) is 8.14. The average Bonchev–Trinajstić information content (AvgIpc) is 3.01. The van der Waals surface area contributed by atoms with Gasteiger partial charge in [-0.2, -0.15) is 4.98 Å². The topological polar surface area (TPSA) is 117 Å². The first-order chi connectivity index (χ1) is 12.5. The number of halogens is 1. The molecule has 2 aromatic heterocycles. The Hall–Kier alpha value is -3.10. The van der Waals surface area contributed by atoms with Crippen LogP contribution < -0.4 is 16.5 Å². The normalized spacial score (nSPS) is 11.0. The number of benzene rings is 1. The summed E-state index contributed by atoms with van der Waals surface area (Å²) in [4.78, 5) is 32.8. The SMILES string of the molecule is [B]NC(=O)c1ccc(CCCCc2cc3c(=O)[nH]c(N)nc3[nH]2)cc1F. The molecule has 0 saturated carbocycles. The van der Waals surface area contributed by atoms with Crippen LogP contribution in [0, 0.1) is 5.82 Å². The van der Waals surface area contributed by atoms with Gasteiger partial charge in [-0.1, -0.05) is 6.07 Å². The fourth-order valence-corrected chi connectivity index (χ4v) is 2.85. The fraction of sp³-hybridized carbons (Fsp3) is 0.235. The second-order valence-electron chi connectivity index (χ2n) is 6.00. The molecule has 0 atom stereocenters. The van der Waals surface area contributed by atoms with Gasteiger partial charge in [0.1, 0.15) is 11.5 Å². The van der Waals surface area contributed by atoms with Crippen molar-refractivity contribution in [1.82, 2.24) is 20.2 Å². The van der Waals surface area contributed by atoms with Gasteiger partial charge < -0.3 is 15.9 Å². The van der Waals surface area contributed by atoms with Crippen molar-refractivity contribution >= 4 is 30.9 Å². The third-order valence-corrected chi connectivity index (χ3v) is 4.14. The smallest absolute Gasteiger partial charge is 0.261 e. The molecule has 0 fully saturated rings. The summed E-state index contributed by atoms with van der Waals surface area (Å²) in [7, 11) is 5.01. The number of aromatic nitrogens is 3. The molecule has 2 heterocycles. The molecular formula is C17H17BFN5O2. The monoisotopic (exact) mass is 353 g/mol. The number of nitrogens with zero attached hydrogens (tertiary/aromatic N) is 1. The van der Waals surface area contributed by atoms with Crippen LogP contribution >= 0.6 is 0 Å². The summed E-state index contributed by atoms with van der Waals surface area (Å²) in [5, 5.41) is 2.39. The van der Waals surface area contributed by atoms with Crippen molar-refractivity contribution in [2.45, 2.75) is 25.7 Å². The number of amides is 1. The van der Waals surface area contributed by atoms with Crippen molar-refractivity contribution in [2.75, 3.05) is 5.73 Å². The van der Waals surface area contributed by atoms with Gasteiger partial charge in [-0.25, -0.2) is 4.39 Å². The number of hydrogen-bond acceptors (Lipinski definition) is 4. The molecule has 1 aromatic carbocycles. The number of hydrogen-bond donors (Lipinski definition) is 4. The number of nitrogen functional groups attached to an aromatic ring is 1. The van der Waals surface area contributed by atoms with Gasteiger partial charge in [0, 0.05) is 5.69 Å². The van der Waals surface area contributed by atoms with Crippen LogP contribution in [0.2, 0.25) is 0 Å². The quantitative estimate of drug-likeness (QED) is 0.395. The number of carbonyl (C=O) groups excluding carboxylic acids is 1. The van der Waals surface area contributed by atoms with Gasteiger partial charge in [-0.15, -0.1) is 0 Å². The summed E-state index contributed by atoms with van der Waals surface area (Å²) < 4.78 is 13.9. The Labute approximate surface area is 149 Å². The summed E-state index contributed by atoms with van der Waals surface area (Å²) in [6, 6.07) is 6.25. The molecule has 9 heteroatoms. The number of aryl methyl sites for hydroxylation is 2. The molecular weight excluding hydrogens is 336 g/mol. The minimum Gasteiger partial charge on any atom is -0.405 e. The van der Waals surface area contributed by atoms with E-state index in [4.69, 9.17) is 13.7 Å². The second kappa shape index (κ2) is 7.43. The molecule has 26 heavy (non-hydrogen) atoms. The van der Waals surface area contributed by atoms with Gasteiger partial charge >= 0.3 is 0 Å². The van der Waals surface area contributed by atoms with Gasteiger partial charge in [-0.3, -0.25) is 14.6 Å². The molecule has 0 saturated heterocycles. The number of rotatable bonds is 6. The molecule has 3 aromatic rings. The lowest BCUT2D eigenvalue weighted by Crippen LogP contribution is -2.20. The molecule has 0 aliphatic rings. The average molecular weight is 353 g/mol. The van der Waals surface area contributed by atoms with Crippen LogP contribution in [0.4, 0.5) is 10.3 Å². The summed E-state index contributed by atoms with van der Waals surface area (Å²) in [6.45, 7) is 0. The molecule has 132 valence electrons. The van der Waals surface area contributed by atoms with Gasteiger partial charge in [0.05, 0.1) is 10.9 Å². The highest BCUT2D eigenvalue weighted by Crippen LogP contribution is 2.15. The van der Waals surface area contributed by atoms with E-state index >= 15 is 0 Å². The Kier molecular flexibility index (Phi) is 5.06. The molecule has 5 N–H and O–H groups in total. The van der Waals surface area contributed by atoms with Crippen LogP contribution in [0.3, 0.4) is 0 Å². The van der Waals surface area contributed by atoms with Crippen LogP contribution in [-0.4, -0.2) is 28.8 Å². The molecule has 0 spiro atoms. The Morgan fingerprint density at radius 2 is 2.00 bits per heavy atom. The van der Waals surface area contributed by atoms with E-state index in [1.165, 1.54) is 12.1 Å². The lowest BCUT2D eigenvalue weighted by atomic mass is 10.0. The van der Waals surface area contributed by atoms with E-state index in [2.05, 4.69) is 15.0 Å². The lowest BCUT2D eigenvalue weighted by Gasteiger charge is -2.05. The molecule has 0 aliphatic heterocycles. The van der Waals surface area contributed by atoms with Crippen molar-refractivity contribution in [3.63, 3.8) is 0 Å². The van der Waals surface area contributed by atoms with Gasteiger partial charge in [0.15, 0.2) is 0 Å². The Morgan fingerprint density at radius 3 is 2.73 bits per heavy atom. The Morgan fingerprint density at radius 1 is 1.23 bits per heavy atom. The number of aromatic amines is 2. The maximum Gasteiger partial charge on any atom is 0.261 e. The maximum atomic E-state index is 13.9. The highest BCUT2D eigenvalue weighted by Gasteiger charge is 2.10. The van der Waals surface area contributed by atoms with Crippen LogP contribution in [0.5, 0.6) is 0 Å². The predicted octanol–water partition coefficient (Wildman–Crippen LogP) is 1.35. The summed E-state index contributed by atoms with van der Waals surface area (Å²) in [5.41, 5.74) is 7.34. The first-order valence-corrected chi connectivity index (χ1v) is 8.14. The maximum absolute atomic E-state index is 13.9. The van der Waals surface area contributed by atoms with Gasteiger partial charge in [-0.05, 0) is 49.4 Å². The third kappa shape index (κ3) is 3.76. The minimum absolute atomic E-state index is 0.0738. The van der Waals surface area contributed by atoms with Crippen molar-refractivity contribution in [1.29, 1.82) is 0 Å². The Balaban J connectivity index is 1.57. The first kappa shape index (κ1) is 17.7. The number of carbonyl (C=O) groups is 1. The van der Waals surface area contributed by atoms with E-state index in [9.17, 15) is 14.0 Å². The zero-order chi connectivity index (χ0) is 18.7. The largest absolute Gasteiger partial charge is 0.405 e. The molecule has 0 bridgehead atoms. The van der Waals surface area contributed by atoms with Gasteiger partial charge in [0.2, 0.25) is 19.8 Å². The van der Waals surface area contributed by atoms with Gasteiger partial charge in [0.25, 0.3) is 5.56 Å². The number of unbranched alkanes of at least 4 members (excludes halogenated alkanes) is 1. The molecule has 0 unspecified atom stereocenters. The zero-order valence-corrected chi connectivity index (χ0v) is 13.9.